The maximum atomic E-state index is 14.8. The predicted molar refractivity (Wildman–Crippen MR) is 541 cm³/mol. The number of benzene rings is 6. The number of hydrogen-bond acceptors (Lipinski definition) is 19. The van der Waals surface area contributed by atoms with Crippen LogP contribution in [-0.4, -0.2) is 175 Å². The van der Waals surface area contributed by atoms with Crippen LogP contribution in [0.4, 0.5) is 26.3 Å². The molecule has 0 aliphatic carbocycles. The highest BCUT2D eigenvalue weighted by molar-refractivity contribution is 9.08. The number of hydrogen-bond donors (Lipinski definition) is 7. The van der Waals surface area contributed by atoms with Gasteiger partial charge in [-0.25, -0.2) is 56.2 Å². The van der Waals surface area contributed by atoms with Gasteiger partial charge in [0, 0.05) is 131 Å². The first-order valence-corrected chi connectivity index (χ1v) is 47.8. The molecule has 6 aromatic carbocycles. The van der Waals surface area contributed by atoms with E-state index < -0.39 is 65.9 Å². The maximum absolute atomic E-state index is 14.8. The molecule has 0 radical (unpaired) electrons. The van der Waals surface area contributed by atoms with Crippen LogP contribution in [0.5, 0.6) is 0 Å². The van der Waals surface area contributed by atoms with E-state index in [4.69, 9.17) is 97.3 Å². The highest BCUT2D eigenvalue weighted by atomic mass is 79.9. The molecule has 37 heteroatoms. The Morgan fingerprint density at radius 3 is 1.19 bits per heavy atom. The summed E-state index contributed by atoms with van der Waals surface area (Å²) in [6, 6.07) is 63.3. The number of fused-ring (bicyclic) bond motifs is 2. The third-order valence-corrected chi connectivity index (χ3v) is 27.1. The van der Waals surface area contributed by atoms with Crippen LogP contribution in [0.1, 0.15) is 109 Å². The lowest BCUT2D eigenvalue weighted by Crippen LogP contribution is -2.49. The molecule has 23 nitrogen and oxygen atoms in total. The third kappa shape index (κ3) is 34.2. The summed E-state index contributed by atoms with van der Waals surface area (Å²) in [6.07, 6.45) is 11.0. The summed E-state index contributed by atoms with van der Waals surface area (Å²) in [5.41, 5.74) is 13.1. The van der Waals surface area contributed by atoms with Crippen molar-refractivity contribution in [1.29, 1.82) is 0 Å². The van der Waals surface area contributed by atoms with Gasteiger partial charge in [0.05, 0.1) is 23.7 Å². The van der Waals surface area contributed by atoms with Gasteiger partial charge in [-0.1, -0.05) is 258 Å². The molecule has 0 amide bonds. The zero-order chi connectivity index (χ0) is 101. The monoisotopic (exact) mass is 2100 g/mol. The van der Waals surface area contributed by atoms with E-state index in [0.29, 0.717) is 128 Å². The minimum Gasteiger partial charge on any atom is -0.481 e. The Labute approximate surface area is 842 Å². The first kappa shape index (κ1) is 112. The number of halogens is 12. The van der Waals surface area contributed by atoms with Crippen molar-refractivity contribution in [2.24, 2.45) is 23.7 Å². The second-order valence-electron chi connectivity index (χ2n) is 34.7. The summed E-state index contributed by atoms with van der Waals surface area (Å²) in [6.45, 7) is 21.8. The average Bonchev–Trinajstić information content (AvgIpc) is 1.01. The van der Waals surface area contributed by atoms with Crippen LogP contribution < -0.4 is 16.3 Å². The predicted octanol–water partition coefficient (Wildman–Crippen LogP) is 21.8. The summed E-state index contributed by atoms with van der Waals surface area (Å²) in [5, 5.41) is 59.4. The number of furan rings is 2. The number of carboxylic acid groups (broad SMARTS) is 4. The molecule has 18 rings (SSSR count). The van der Waals surface area contributed by atoms with E-state index in [0.717, 1.165) is 46.4 Å². The molecule has 14 aromatic rings. The molecule has 4 saturated heterocycles. The van der Waals surface area contributed by atoms with Crippen LogP contribution in [0.15, 0.2) is 246 Å². The van der Waals surface area contributed by atoms with E-state index in [1.54, 1.807) is 19.2 Å². The van der Waals surface area contributed by atoms with Crippen molar-refractivity contribution in [1.82, 2.24) is 49.9 Å². The normalized spacial score (nSPS) is 13.6. The number of carboxylic acids is 4. The van der Waals surface area contributed by atoms with E-state index in [1.165, 1.54) is 94.4 Å². The number of alkyl halides is 1. The number of nitrogens with one attached hydrogen (secondary N) is 1. The molecule has 0 atom stereocenters. The number of carbonyl (C=O) groups excluding carboxylic acids is 1. The van der Waals surface area contributed by atoms with Crippen molar-refractivity contribution in [3.63, 3.8) is 0 Å². The van der Waals surface area contributed by atoms with Crippen molar-refractivity contribution in [2.45, 2.75) is 104 Å². The van der Waals surface area contributed by atoms with Crippen molar-refractivity contribution in [3.8, 4) is 22.6 Å². The number of rotatable bonds is 20. The Kier molecular flexibility index (Phi) is 42.9. The fourth-order valence-corrected chi connectivity index (χ4v) is 19.7. The van der Waals surface area contributed by atoms with Gasteiger partial charge in [-0.3, -0.25) is 38.7 Å². The van der Waals surface area contributed by atoms with Gasteiger partial charge in [-0.2, -0.15) is 0 Å². The Hall–Kier alpha value is -11.4. The molecule has 4 aliphatic heterocycles. The largest absolute Gasteiger partial charge is 0.526 e. The van der Waals surface area contributed by atoms with Gasteiger partial charge in [-0.15, -0.1) is 0 Å². The minimum absolute atomic E-state index is 0. The molecule has 140 heavy (non-hydrogen) atoms. The molecular weight excluding hydrogens is 2000 g/mol. The van der Waals surface area contributed by atoms with E-state index in [9.17, 15) is 50.3 Å². The fourth-order valence-electron chi connectivity index (χ4n) is 14.8. The maximum Gasteiger partial charge on any atom is 0.526 e. The van der Waals surface area contributed by atoms with Gasteiger partial charge in [-0.05, 0) is 169 Å². The Morgan fingerprint density at radius 2 is 0.814 bits per heavy atom. The second-order valence-corrected chi connectivity index (χ2v) is 40.9. The number of aryl methyl sites for hydroxylation is 1. The molecule has 736 valence electrons. The summed E-state index contributed by atoms with van der Waals surface area (Å²) < 4.78 is 89.4. The molecule has 8 aromatic heterocycles. The lowest BCUT2D eigenvalue weighted by atomic mass is 9.88. The van der Waals surface area contributed by atoms with Crippen LogP contribution in [0.2, 0.25) is 25.8 Å². The molecule has 0 bridgehead atoms. The summed E-state index contributed by atoms with van der Waals surface area (Å²) in [4.78, 5) is 80.1. The Morgan fingerprint density at radius 1 is 0.443 bits per heavy atom. The highest BCUT2D eigenvalue weighted by Gasteiger charge is 2.38. The molecule has 0 spiro atoms. The number of likely N-dealkylation sites (tertiary alicyclic amines) is 3. The van der Waals surface area contributed by atoms with E-state index in [2.05, 4.69) is 178 Å². The Bertz CT molecular complexity index is 6400. The van der Waals surface area contributed by atoms with Crippen LogP contribution >= 0.6 is 81.9 Å². The summed E-state index contributed by atoms with van der Waals surface area (Å²) in [7, 11) is -1.85. The number of aromatic nitrogens is 6. The molecule has 0 saturated carbocycles. The van der Waals surface area contributed by atoms with Crippen molar-refractivity contribution in [2.75, 3.05) is 52.4 Å². The van der Waals surface area contributed by atoms with E-state index in [1.807, 2.05) is 87.5 Å². The highest BCUT2D eigenvalue weighted by Crippen LogP contribution is 2.59. The third-order valence-electron chi connectivity index (χ3n) is 21.5. The fraction of sp³-hybridized carbons (Fsp3) is 0.272. The van der Waals surface area contributed by atoms with Crippen molar-refractivity contribution < 1.29 is 89.6 Å². The molecule has 4 fully saturated rings. The number of pyridine rings is 6. The standard InChI is InChI=1S/C25H21FN2O3.C20H27P.C15H13BO3.2C10H10ClFN2O2.C6H4BrClFN.C6H3ClFNO.C6H5ClFN.C4H7NO2.CH4/c26-21-10-18(13-28-14-20(15-28)25(29)30)12-27-24(21)23-11-19-9-17(6-7-22(19)31-23)8-16-4-2-1-3-5-16;1-19(2,3)21(20(4,5)6)18-15-11-10-14-17(18)16-12-8-7-9-13-16;17-16(18)15-10-13-9-12(6-7-14(13)19-15)8-11-4-2-1-3-5-11;2*11-9-8(12)1-6(2-13-9)3-14-4-7(5-14)10(15)16;7-2-4-1-5(9)6(8)10-3-4;7-6-5(8)1-4(3-10)2-9-6;1-4-2-5(8)6(7)9-3-4;6-4(7)3-1-5-2-3;/h1-7,9-12,20H,8,13-15H2,(H,29,30);7-15H,1-6H3;1-7,9-10,17-18H,8H2;2*1-2,7H,3-5H2,(H,15,16);1,3H,2H2;1-3H;2-3H,1H3;3,5H,1-2H2,(H,6,7);1H4. The van der Waals surface area contributed by atoms with Gasteiger partial charge in [0.15, 0.2) is 72.7 Å². The van der Waals surface area contributed by atoms with Crippen LogP contribution in [0.25, 0.3) is 44.5 Å². The van der Waals surface area contributed by atoms with Crippen LogP contribution in [-0.2, 0) is 57.0 Å². The number of aldehydes is 1. The molecule has 7 N–H and O–H groups in total. The summed E-state index contributed by atoms with van der Waals surface area (Å²) in [5.74, 6) is -6.83. The first-order valence-electron chi connectivity index (χ1n) is 43.5. The van der Waals surface area contributed by atoms with Gasteiger partial charge in [0.25, 0.3) is 0 Å². The van der Waals surface area contributed by atoms with Gasteiger partial charge >= 0.3 is 31.0 Å². The zero-order valence-corrected chi connectivity index (χ0v) is 82.7. The SMILES string of the molecule is C.CC(C)(C)P(c1ccccc1-c1ccccc1)C(C)(C)C.Cc1cnc(Cl)c(F)c1.Fc1cc(CBr)cnc1Cl.O=C(O)C1CN(Cc2cnc(-c3cc4cc(Cc5ccccc5)ccc4o3)c(F)c2)C1.O=C(O)C1CN(Cc2cnc(Cl)c(F)c2)C1.O=C(O)C1CN(Cc2cnc(Cl)c(F)c2)C1.O=C(O)C1CNC1.O=Cc1cnc(Cl)c(F)c1.OB(O)c1cc2cc(Cc3ccccc3)ccc2o1. The van der Waals surface area contributed by atoms with Crippen molar-refractivity contribution in [3.05, 3.63) is 354 Å². The molecular formula is C103H104BBrCl5F6N10O13P. The van der Waals surface area contributed by atoms with Gasteiger partial charge in [0.2, 0.25) is 0 Å². The lowest BCUT2D eigenvalue weighted by Gasteiger charge is -2.42. The van der Waals surface area contributed by atoms with E-state index in [-0.39, 0.29) is 81.7 Å². The molecule has 12 heterocycles. The minimum atomic E-state index is -1.56. The number of aliphatic carboxylic acids is 4. The molecule has 0 unspecified atom stereocenters. The number of carbonyl (C=O) groups is 5. The second kappa shape index (κ2) is 53.5. The topological polar surface area (TPSA) is 332 Å². The number of nitrogens with zero attached hydrogens (tertiary/aromatic N) is 9. The van der Waals surface area contributed by atoms with Crippen molar-refractivity contribution >= 4 is 152 Å². The van der Waals surface area contributed by atoms with Crippen LogP contribution in [0.3, 0.4) is 0 Å². The van der Waals surface area contributed by atoms with E-state index >= 15 is 0 Å². The zero-order valence-electron chi connectivity index (χ0n) is 76.4. The summed E-state index contributed by atoms with van der Waals surface area (Å²) >= 11 is 29.9. The van der Waals surface area contributed by atoms with Gasteiger partial charge in [0.1, 0.15) is 22.5 Å². The quantitative estimate of drug-likeness (QED) is 0.00931. The Balaban J connectivity index is 0.000000182. The molecule has 4 aliphatic rings. The average molecular weight is 2100 g/mol. The van der Waals surface area contributed by atoms with Gasteiger partial charge < -0.3 is 44.6 Å². The first-order chi connectivity index (χ1) is 66.1. The lowest BCUT2D eigenvalue weighted by molar-refractivity contribution is -0.148. The van der Waals surface area contributed by atoms with Crippen LogP contribution in [0, 0.1) is 65.5 Å². The smallest absolute Gasteiger partial charge is 0.481 e.